The van der Waals surface area contributed by atoms with E-state index in [1.54, 1.807) is 0 Å². The van der Waals surface area contributed by atoms with Gasteiger partial charge in [0.2, 0.25) is 0 Å². The van der Waals surface area contributed by atoms with Crippen LogP contribution in [0.1, 0.15) is 11.1 Å². The maximum atomic E-state index is 11.2. The Morgan fingerprint density at radius 2 is 1.71 bits per heavy atom. The van der Waals surface area contributed by atoms with Crippen molar-refractivity contribution in [3.63, 3.8) is 0 Å². The zero-order valence-electron chi connectivity index (χ0n) is 11.7. The molecular weight excluding hydrogens is 262 g/mol. The first-order valence-electron chi connectivity index (χ1n) is 7.05. The van der Waals surface area contributed by atoms with Crippen LogP contribution in [0.15, 0.2) is 48.5 Å². The van der Waals surface area contributed by atoms with Crippen molar-refractivity contribution in [3.8, 4) is 0 Å². The van der Waals surface area contributed by atoms with Gasteiger partial charge in [0.05, 0.1) is 6.42 Å². The quantitative estimate of drug-likeness (QED) is 0.721. The fourth-order valence-corrected chi connectivity index (χ4v) is 2.95. The van der Waals surface area contributed by atoms with E-state index in [2.05, 4.69) is 24.3 Å². The van der Waals surface area contributed by atoms with Crippen LogP contribution >= 0.6 is 0 Å². The zero-order valence-corrected chi connectivity index (χ0v) is 11.7. The molecule has 0 unspecified atom stereocenters. The lowest BCUT2D eigenvalue weighted by atomic mass is 9.92. The Bertz CT molecular complexity index is 824. The molecule has 0 bridgehead atoms. The Hall–Kier alpha value is -2.39. The fraction of sp³-hybridized carbons (Fsp3) is 0.167. The molecule has 3 aromatic rings. The summed E-state index contributed by atoms with van der Waals surface area (Å²) in [5, 5.41) is 13.6. The summed E-state index contributed by atoms with van der Waals surface area (Å²) in [7, 11) is 0. The minimum atomic E-state index is -0.811. The minimum Gasteiger partial charge on any atom is -0.481 e. The summed E-state index contributed by atoms with van der Waals surface area (Å²) < 4.78 is 0. The van der Waals surface area contributed by atoms with Crippen molar-refractivity contribution in [1.82, 2.24) is 0 Å². The lowest BCUT2D eigenvalue weighted by Crippen LogP contribution is -2.09. The molecule has 3 rings (SSSR count). The van der Waals surface area contributed by atoms with E-state index >= 15 is 0 Å². The molecule has 0 saturated heterocycles. The van der Waals surface area contributed by atoms with Crippen molar-refractivity contribution < 1.29 is 9.90 Å². The normalized spacial score (nSPS) is 11.1. The van der Waals surface area contributed by atoms with E-state index in [0.717, 1.165) is 32.7 Å². The molecule has 3 heteroatoms. The average molecular weight is 279 g/mol. The van der Waals surface area contributed by atoms with Gasteiger partial charge in [0.1, 0.15) is 0 Å². The summed E-state index contributed by atoms with van der Waals surface area (Å²) in [6.45, 7) is 0.520. The van der Waals surface area contributed by atoms with Gasteiger partial charge in [-0.15, -0.1) is 0 Å². The van der Waals surface area contributed by atoms with Crippen LogP contribution in [0.3, 0.4) is 0 Å². The van der Waals surface area contributed by atoms with E-state index in [0.29, 0.717) is 13.0 Å². The summed E-state index contributed by atoms with van der Waals surface area (Å²) in [6, 6.07) is 16.3. The van der Waals surface area contributed by atoms with Crippen LogP contribution in [0, 0.1) is 0 Å². The van der Waals surface area contributed by atoms with Crippen molar-refractivity contribution in [2.45, 2.75) is 12.8 Å². The van der Waals surface area contributed by atoms with Crippen molar-refractivity contribution in [1.29, 1.82) is 0 Å². The molecule has 3 nitrogen and oxygen atoms in total. The molecule has 0 spiro atoms. The summed E-state index contributed by atoms with van der Waals surface area (Å²) in [5.74, 6) is -0.811. The van der Waals surface area contributed by atoms with Gasteiger partial charge in [0.15, 0.2) is 0 Å². The van der Waals surface area contributed by atoms with Gasteiger partial charge in [0.25, 0.3) is 0 Å². The molecule has 0 aliphatic heterocycles. The van der Waals surface area contributed by atoms with Crippen LogP contribution in [0.4, 0.5) is 0 Å². The monoisotopic (exact) mass is 279 g/mol. The second-order valence-electron chi connectivity index (χ2n) is 5.19. The molecule has 0 radical (unpaired) electrons. The van der Waals surface area contributed by atoms with Crippen LogP contribution in [0.5, 0.6) is 0 Å². The highest BCUT2D eigenvalue weighted by molar-refractivity contribution is 6.09. The topological polar surface area (TPSA) is 63.3 Å². The number of hydrogen-bond donors (Lipinski definition) is 2. The number of carboxylic acids is 1. The van der Waals surface area contributed by atoms with Crippen LogP contribution in [0.25, 0.3) is 21.5 Å². The highest BCUT2D eigenvalue weighted by Crippen LogP contribution is 2.30. The van der Waals surface area contributed by atoms with Gasteiger partial charge in [-0.25, -0.2) is 0 Å². The highest BCUT2D eigenvalue weighted by atomic mass is 16.4. The van der Waals surface area contributed by atoms with E-state index in [-0.39, 0.29) is 6.42 Å². The summed E-state index contributed by atoms with van der Waals surface area (Å²) >= 11 is 0. The summed E-state index contributed by atoms with van der Waals surface area (Å²) in [6.07, 6.45) is 0.733. The molecule has 0 aromatic heterocycles. The Labute approximate surface area is 123 Å². The molecule has 0 atom stereocenters. The van der Waals surface area contributed by atoms with Crippen LogP contribution in [0.2, 0.25) is 0 Å². The van der Waals surface area contributed by atoms with Gasteiger partial charge in [-0.2, -0.15) is 0 Å². The van der Waals surface area contributed by atoms with E-state index in [1.165, 1.54) is 0 Å². The molecule has 0 aliphatic carbocycles. The number of nitrogens with two attached hydrogens (primary N) is 1. The SMILES string of the molecule is NCCc1ccc2c(ccc3ccccc32)c1CC(=O)O. The molecular formula is C18H17NO2. The smallest absolute Gasteiger partial charge is 0.307 e. The lowest BCUT2D eigenvalue weighted by Gasteiger charge is -2.13. The largest absolute Gasteiger partial charge is 0.481 e. The maximum absolute atomic E-state index is 11.2. The second-order valence-corrected chi connectivity index (χ2v) is 5.19. The predicted octanol–water partition coefficient (Wildman–Crippen LogP) is 3.12. The maximum Gasteiger partial charge on any atom is 0.307 e. The number of carboxylic acid groups (broad SMARTS) is 1. The Morgan fingerprint density at radius 1 is 0.952 bits per heavy atom. The van der Waals surface area contributed by atoms with Gasteiger partial charge in [-0.05, 0) is 45.6 Å². The van der Waals surface area contributed by atoms with Crippen LogP contribution in [-0.2, 0) is 17.6 Å². The first kappa shape index (κ1) is 13.6. The van der Waals surface area contributed by atoms with E-state index in [1.807, 2.05) is 24.3 Å². The van der Waals surface area contributed by atoms with Crippen molar-refractivity contribution in [2.75, 3.05) is 6.54 Å². The van der Waals surface area contributed by atoms with Crippen LogP contribution in [-0.4, -0.2) is 17.6 Å². The van der Waals surface area contributed by atoms with Crippen LogP contribution < -0.4 is 5.73 Å². The predicted molar refractivity (Wildman–Crippen MR) is 85.6 cm³/mol. The Kier molecular flexibility index (Phi) is 3.59. The van der Waals surface area contributed by atoms with Gasteiger partial charge < -0.3 is 10.8 Å². The first-order chi connectivity index (χ1) is 10.2. The van der Waals surface area contributed by atoms with E-state index < -0.39 is 5.97 Å². The molecule has 0 amide bonds. The highest BCUT2D eigenvalue weighted by Gasteiger charge is 2.12. The second kappa shape index (κ2) is 5.54. The minimum absolute atomic E-state index is 0.0328. The molecule has 21 heavy (non-hydrogen) atoms. The van der Waals surface area contributed by atoms with Crippen molar-refractivity contribution in [2.24, 2.45) is 5.73 Å². The Morgan fingerprint density at radius 3 is 2.48 bits per heavy atom. The Balaban J connectivity index is 2.33. The third-order valence-corrected chi connectivity index (χ3v) is 3.88. The molecule has 3 N–H and O–H groups in total. The number of benzene rings is 3. The summed E-state index contributed by atoms with van der Waals surface area (Å²) in [5.41, 5.74) is 7.56. The third-order valence-electron chi connectivity index (χ3n) is 3.88. The van der Waals surface area contributed by atoms with Gasteiger partial charge >= 0.3 is 5.97 Å². The number of aliphatic carboxylic acids is 1. The fourth-order valence-electron chi connectivity index (χ4n) is 2.95. The number of carbonyl (C=O) groups is 1. The van der Waals surface area contributed by atoms with Gasteiger partial charge in [-0.3, -0.25) is 4.79 Å². The average Bonchev–Trinajstić information content (AvgIpc) is 2.49. The molecule has 0 heterocycles. The number of fused-ring (bicyclic) bond motifs is 3. The zero-order chi connectivity index (χ0) is 14.8. The molecule has 106 valence electrons. The number of hydrogen-bond acceptors (Lipinski definition) is 2. The van der Waals surface area contributed by atoms with Gasteiger partial charge in [0, 0.05) is 0 Å². The molecule has 0 saturated carbocycles. The van der Waals surface area contributed by atoms with Gasteiger partial charge in [-0.1, -0.05) is 48.5 Å². The molecule has 0 aliphatic rings. The standard InChI is InChI=1S/C18H17NO2/c19-10-9-13-6-7-15-14-4-2-1-3-12(14)5-8-16(15)17(13)11-18(20)21/h1-8H,9-11,19H2,(H,20,21). The first-order valence-corrected chi connectivity index (χ1v) is 7.05. The third kappa shape index (κ3) is 2.48. The van der Waals surface area contributed by atoms with Crippen molar-refractivity contribution in [3.05, 3.63) is 59.7 Å². The van der Waals surface area contributed by atoms with E-state index in [4.69, 9.17) is 5.73 Å². The molecule has 0 fully saturated rings. The molecule has 3 aromatic carbocycles. The summed E-state index contributed by atoms with van der Waals surface area (Å²) in [4.78, 5) is 11.2. The number of rotatable bonds is 4. The lowest BCUT2D eigenvalue weighted by molar-refractivity contribution is -0.136. The van der Waals surface area contributed by atoms with E-state index in [9.17, 15) is 9.90 Å². The van der Waals surface area contributed by atoms with Crippen molar-refractivity contribution >= 4 is 27.5 Å².